The summed E-state index contributed by atoms with van der Waals surface area (Å²) in [6, 6.07) is 4.33. The molecule has 144 valence electrons. The van der Waals surface area contributed by atoms with Crippen molar-refractivity contribution in [1.29, 1.82) is 0 Å². The number of halogens is 1. The van der Waals surface area contributed by atoms with Crippen molar-refractivity contribution >= 4 is 17.5 Å². The predicted molar refractivity (Wildman–Crippen MR) is 101 cm³/mol. The number of rotatable bonds is 6. The van der Waals surface area contributed by atoms with E-state index in [1.807, 2.05) is 4.90 Å². The number of benzene rings is 1. The summed E-state index contributed by atoms with van der Waals surface area (Å²) in [5, 5.41) is 2.84. The van der Waals surface area contributed by atoms with Crippen molar-refractivity contribution < 1.29 is 14.0 Å². The Balaban J connectivity index is 1.46. The van der Waals surface area contributed by atoms with Crippen LogP contribution in [0.2, 0.25) is 0 Å². The maximum Gasteiger partial charge on any atom is 0.228 e. The second kappa shape index (κ2) is 8.79. The molecule has 3 rings (SSSR count). The van der Waals surface area contributed by atoms with Crippen LogP contribution in [0.3, 0.4) is 0 Å². The van der Waals surface area contributed by atoms with Crippen LogP contribution in [-0.2, 0) is 16.0 Å². The zero-order valence-corrected chi connectivity index (χ0v) is 15.5. The minimum absolute atomic E-state index is 0.0781. The second-order valence-electron chi connectivity index (χ2n) is 7.15. The average Bonchev–Trinajstić information content (AvgIpc) is 3.15. The van der Waals surface area contributed by atoms with Crippen LogP contribution >= 0.6 is 0 Å². The lowest BCUT2D eigenvalue weighted by Crippen LogP contribution is -2.41. The molecule has 2 amide bonds. The number of hydrogen-bond acceptors (Lipinski definition) is 3. The predicted octanol–water partition coefficient (Wildman–Crippen LogP) is 3.06. The Bertz CT molecular complexity index is 791. The molecular formula is C20H25FN4O2. The van der Waals surface area contributed by atoms with Crippen LogP contribution < -0.4 is 5.32 Å². The summed E-state index contributed by atoms with van der Waals surface area (Å²) in [7, 11) is 0. The van der Waals surface area contributed by atoms with Gasteiger partial charge in [0.05, 0.1) is 12.7 Å². The summed E-state index contributed by atoms with van der Waals surface area (Å²) >= 11 is 0. The highest BCUT2D eigenvalue weighted by Crippen LogP contribution is 2.22. The van der Waals surface area contributed by atoms with Gasteiger partial charge in [0.2, 0.25) is 11.8 Å². The van der Waals surface area contributed by atoms with E-state index in [1.54, 1.807) is 25.5 Å². The summed E-state index contributed by atoms with van der Waals surface area (Å²) in [5.41, 5.74) is 2.16. The first-order valence-electron chi connectivity index (χ1n) is 9.32. The lowest BCUT2D eigenvalue weighted by molar-refractivity contribution is -0.132. The van der Waals surface area contributed by atoms with Gasteiger partial charge in [-0.2, -0.15) is 0 Å². The van der Waals surface area contributed by atoms with Gasteiger partial charge in [0, 0.05) is 37.1 Å². The highest BCUT2D eigenvalue weighted by molar-refractivity contribution is 5.91. The van der Waals surface area contributed by atoms with Crippen LogP contribution in [0, 0.1) is 18.7 Å². The normalized spacial score (nSPS) is 17.0. The van der Waals surface area contributed by atoms with E-state index >= 15 is 0 Å². The van der Waals surface area contributed by atoms with Gasteiger partial charge in [0.1, 0.15) is 5.82 Å². The van der Waals surface area contributed by atoms with Gasteiger partial charge in [-0.25, -0.2) is 9.37 Å². The van der Waals surface area contributed by atoms with Gasteiger partial charge < -0.3 is 15.2 Å². The Morgan fingerprint density at radius 1 is 1.41 bits per heavy atom. The molecule has 1 aliphatic heterocycles. The van der Waals surface area contributed by atoms with Crippen molar-refractivity contribution in [2.75, 3.05) is 18.4 Å². The number of nitrogens with zero attached hydrogens (tertiary/aromatic N) is 2. The maximum atomic E-state index is 13.1. The molecule has 27 heavy (non-hydrogen) atoms. The number of aryl methyl sites for hydroxylation is 1. The van der Waals surface area contributed by atoms with E-state index in [2.05, 4.69) is 15.3 Å². The van der Waals surface area contributed by atoms with E-state index in [4.69, 9.17) is 0 Å². The molecule has 0 spiro atoms. The number of carbonyl (C=O) groups excluding carboxylic acids is 2. The van der Waals surface area contributed by atoms with Crippen LogP contribution in [0.4, 0.5) is 10.1 Å². The highest BCUT2D eigenvalue weighted by atomic mass is 19.1. The first kappa shape index (κ1) is 19.1. The SMILES string of the molecule is Cc1cc(F)ccc1NC(=O)CCC1CCCN(C(=O)Cc2cnc[nH]2)C1. The zero-order valence-electron chi connectivity index (χ0n) is 15.5. The van der Waals surface area contributed by atoms with Gasteiger partial charge in [-0.3, -0.25) is 9.59 Å². The van der Waals surface area contributed by atoms with Gasteiger partial charge in [0.25, 0.3) is 0 Å². The zero-order chi connectivity index (χ0) is 19.2. The Morgan fingerprint density at radius 2 is 2.26 bits per heavy atom. The van der Waals surface area contributed by atoms with Crippen molar-refractivity contribution in [2.45, 2.75) is 39.0 Å². The number of anilines is 1. The molecule has 1 aromatic carbocycles. The molecule has 1 saturated heterocycles. The number of H-pyrrole nitrogens is 1. The number of aromatic nitrogens is 2. The lowest BCUT2D eigenvalue weighted by Gasteiger charge is -2.32. The van der Waals surface area contributed by atoms with Gasteiger partial charge in [-0.05, 0) is 55.9 Å². The minimum atomic E-state index is -0.312. The molecule has 0 aliphatic carbocycles. The average molecular weight is 372 g/mol. The molecule has 2 heterocycles. The Morgan fingerprint density at radius 3 is 3.00 bits per heavy atom. The molecular weight excluding hydrogens is 347 g/mol. The molecule has 1 atom stereocenters. The first-order valence-corrected chi connectivity index (χ1v) is 9.32. The number of hydrogen-bond donors (Lipinski definition) is 2. The first-order chi connectivity index (χ1) is 13.0. The number of likely N-dealkylation sites (tertiary alicyclic amines) is 1. The standard InChI is InChI=1S/C20H25FN4O2/c1-14-9-16(21)5-6-18(14)24-19(26)7-4-15-3-2-8-25(12-15)20(27)10-17-11-22-13-23-17/h5-6,9,11,13,15H,2-4,7-8,10,12H2,1H3,(H,22,23)(H,24,26). The highest BCUT2D eigenvalue weighted by Gasteiger charge is 2.24. The summed E-state index contributed by atoms with van der Waals surface area (Å²) in [4.78, 5) is 33.4. The van der Waals surface area contributed by atoms with Gasteiger partial charge >= 0.3 is 0 Å². The molecule has 2 N–H and O–H groups in total. The van der Waals surface area contributed by atoms with Gasteiger partial charge in [-0.1, -0.05) is 0 Å². The third kappa shape index (κ3) is 5.39. The topological polar surface area (TPSA) is 78.1 Å². The van der Waals surface area contributed by atoms with Crippen molar-refractivity contribution in [3.63, 3.8) is 0 Å². The van der Waals surface area contributed by atoms with Crippen molar-refractivity contribution in [3.8, 4) is 0 Å². The van der Waals surface area contributed by atoms with Crippen LogP contribution in [0.15, 0.2) is 30.7 Å². The Kier molecular flexibility index (Phi) is 6.21. The third-order valence-electron chi connectivity index (χ3n) is 5.01. The number of piperidine rings is 1. The van der Waals surface area contributed by atoms with E-state index in [0.717, 1.165) is 31.5 Å². The van der Waals surface area contributed by atoms with Crippen molar-refractivity contribution in [2.24, 2.45) is 5.92 Å². The number of imidazole rings is 1. The molecule has 7 heteroatoms. The van der Waals surface area contributed by atoms with Crippen LogP contribution in [-0.4, -0.2) is 39.8 Å². The molecule has 6 nitrogen and oxygen atoms in total. The number of nitrogens with one attached hydrogen (secondary N) is 2. The van der Waals surface area contributed by atoms with Gasteiger partial charge in [-0.15, -0.1) is 0 Å². The number of carbonyl (C=O) groups is 2. The number of aromatic amines is 1. The van der Waals surface area contributed by atoms with Crippen LogP contribution in [0.5, 0.6) is 0 Å². The number of amides is 2. The van der Waals surface area contributed by atoms with E-state index in [9.17, 15) is 14.0 Å². The monoisotopic (exact) mass is 372 g/mol. The minimum Gasteiger partial charge on any atom is -0.348 e. The van der Waals surface area contributed by atoms with E-state index in [1.165, 1.54) is 12.1 Å². The summed E-state index contributed by atoms with van der Waals surface area (Å²) < 4.78 is 13.1. The molecule has 0 bridgehead atoms. The Hall–Kier alpha value is -2.70. The molecule has 0 saturated carbocycles. The summed E-state index contributed by atoms with van der Waals surface area (Å²) in [5.74, 6) is 0.0260. The van der Waals surface area contributed by atoms with E-state index in [-0.39, 0.29) is 17.6 Å². The second-order valence-corrected chi connectivity index (χ2v) is 7.15. The molecule has 1 aliphatic rings. The molecule has 1 aromatic heterocycles. The van der Waals surface area contributed by atoms with Crippen LogP contribution in [0.25, 0.3) is 0 Å². The maximum absolute atomic E-state index is 13.1. The van der Waals surface area contributed by atoms with Gasteiger partial charge in [0.15, 0.2) is 0 Å². The quantitative estimate of drug-likeness (QED) is 0.818. The van der Waals surface area contributed by atoms with Crippen LogP contribution in [0.1, 0.15) is 36.9 Å². The Labute approximate surface area is 158 Å². The largest absolute Gasteiger partial charge is 0.348 e. The summed E-state index contributed by atoms with van der Waals surface area (Å²) in [6.45, 7) is 3.23. The summed E-state index contributed by atoms with van der Waals surface area (Å²) in [6.07, 6.45) is 6.68. The van der Waals surface area contributed by atoms with E-state index in [0.29, 0.717) is 36.6 Å². The molecule has 2 aromatic rings. The smallest absolute Gasteiger partial charge is 0.228 e. The van der Waals surface area contributed by atoms with E-state index < -0.39 is 0 Å². The fourth-order valence-corrected chi connectivity index (χ4v) is 3.50. The van der Waals surface area contributed by atoms with Crippen molar-refractivity contribution in [1.82, 2.24) is 14.9 Å². The lowest BCUT2D eigenvalue weighted by atomic mass is 9.93. The molecule has 1 unspecified atom stereocenters. The third-order valence-corrected chi connectivity index (χ3v) is 5.01. The van der Waals surface area contributed by atoms with Crippen molar-refractivity contribution in [3.05, 3.63) is 47.8 Å². The fraction of sp³-hybridized carbons (Fsp3) is 0.450. The molecule has 1 fully saturated rings. The molecule has 0 radical (unpaired) electrons. The fourth-order valence-electron chi connectivity index (χ4n) is 3.50.